The van der Waals surface area contributed by atoms with E-state index in [0.717, 1.165) is 0 Å². The Labute approximate surface area is 80.3 Å². The SMILES string of the molecule is CCOC(=O)c1cccc(Cl)[n+]1[O-]. The highest BCUT2D eigenvalue weighted by atomic mass is 35.5. The van der Waals surface area contributed by atoms with Gasteiger partial charge in [0.1, 0.15) is 0 Å². The van der Waals surface area contributed by atoms with Crippen molar-refractivity contribution in [2.45, 2.75) is 6.92 Å². The van der Waals surface area contributed by atoms with E-state index in [0.29, 0.717) is 4.73 Å². The number of carbonyl (C=O) groups excluding carboxylic acids is 1. The fourth-order valence-corrected chi connectivity index (χ4v) is 0.989. The van der Waals surface area contributed by atoms with Crippen LogP contribution in [0.4, 0.5) is 0 Å². The highest BCUT2D eigenvalue weighted by molar-refractivity contribution is 6.28. The van der Waals surface area contributed by atoms with Gasteiger partial charge in [-0.3, -0.25) is 0 Å². The van der Waals surface area contributed by atoms with E-state index in [1.54, 1.807) is 6.92 Å². The second kappa shape index (κ2) is 4.09. The Kier molecular flexibility index (Phi) is 3.08. The summed E-state index contributed by atoms with van der Waals surface area (Å²) < 4.78 is 4.98. The molecule has 1 aromatic rings. The Morgan fingerprint density at radius 1 is 1.69 bits per heavy atom. The van der Waals surface area contributed by atoms with Crippen molar-refractivity contribution in [1.82, 2.24) is 0 Å². The van der Waals surface area contributed by atoms with Gasteiger partial charge in [-0.2, -0.15) is 0 Å². The minimum absolute atomic E-state index is 0.0504. The summed E-state index contributed by atoms with van der Waals surface area (Å²) in [4.78, 5) is 11.1. The van der Waals surface area contributed by atoms with Crippen molar-refractivity contribution >= 4 is 17.6 Å². The van der Waals surface area contributed by atoms with Crippen LogP contribution in [-0.4, -0.2) is 12.6 Å². The van der Waals surface area contributed by atoms with Crippen LogP contribution in [0.25, 0.3) is 0 Å². The summed E-state index contributed by atoms with van der Waals surface area (Å²) in [6.45, 7) is 1.89. The summed E-state index contributed by atoms with van der Waals surface area (Å²) in [5.41, 5.74) is -0.102. The number of carbonyl (C=O) groups is 1. The van der Waals surface area contributed by atoms with Gasteiger partial charge in [-0.1, -0.05) is 0 Å². The molecule has 1 aromatic heterocycles. The van der Waals surface area contributed by atoms with Gasteiger partial charge in [0.15, 0.2) is 0 Å². The molecule has 1 rings (SSSR count). The number of hydrogen-bond donors (Lipinski definition) is 0. The van der Waals surface area contributed by atoms with E-state index < -0.39 is 5.97 Å². The monoisotopic (exact) mass is 201 g/mol. The van der Waals surface area contributed by atoms with Crippen molar-refractivity contribution in [1.29, 1.82) is 0 Å². The zero-order valence-electron chi connectivity index (χ0n) is 6.99. The van der Waals surface area contributed by atoms with Crippen LogP contribution in [0.1, 0.15) is 17.4 Å². The number of halogens is 1. The largest absolute Gasteiger partial charge is 0.617 e. The van der Waals surface area contributed by atoms with Crippen LogP contribution in [0.2, 0.25) is 5.15 Å². The molecule has 0 aromatic carbocycles. The van der Waals surface area contributed by atoms with Crippen LogP contribution in [0.3, 0.4) is 0 Å². The number of hydrogen-bond acceptors (Lipinski definition) is 3. The first-order chi connectivity index (χ1) is 6.16. The highest BCUT2D eigenvalue weighted by Crippen LogP contribution is 2.03. The van der Waals surface area contributed by atoms with E-state index in [2.05, 4.69) is 4.74 Å². The molecule has 5 heteroatoms. The zero-order valence-corrected chi connectivity index (χ0v) is 7.75. The maximum atomic E-state index is 11.2. The minimum Gasteiger partial charge on any atom is -0.617 e. The molecule has 1 heterocycles. The highest BCUT2D eigenvalue weighted by Gasteiger charge is 2.18. The Balaban J connectivity index is 3.01. The molecule has 0 amide bonds. The van der Waals surface area contributed by atoms with Gasteiger partial charge in [0.05, 0.1) is 6.61 Å². The Morgan fingerprint density at radius 2 is 2.38 bits per heavy atom. The molecule has 0 aliphatic heterocycles. The number of rotatable bonds is 2. The number of esters is 1. The molecule has 0 N–H and O–H groups in total. The van der Waals surface area contributed by atoms with Gasteiger partial charge < -0.3 is 9.94 Å². The molecular weight excluding hydrogens is 194 g/mol. The topological polar surface area (TPSA) is 53.2 Å². The predicted octanol–water partition coefficient (Wildman–Crippen LogP) is 1.15. The summed E-state index contributed by atoms with van der Waals surface area (Å²) in [5, 5.41) is 11.1. The smallest absolute Gasteiger partial charge is 0.405 e. The van der Waals surface area contributed by atoms with Gasteiger partial charge in [0.2, 0.25) is 0 Å². The minimum atomic E-state index is -0.667. The molecule has 70 valence electrons. The molecule has 0 radical (unpaired) electrons. The van der Waals surface area contributed by atoms with Crippen molar-refractivity contribution in [3.05, 3.63) is 34.3 Å². The lowest BCUT2D eigenvalue weighted by molar-refractivity contribution is -0.606. The molecule has 0 aliphatic carbocycles. The quantitative estimate of drug-likeness (QED) is 0.312. The van der Waals surface area contributed by atoms with Crippen LogP contribution in [0.15, 0.2) is 18.2 Å². The summed E-state index contributed by atoms with van der Waals surface area (Å²) in [6.07, 6.45) is 0. The standard InChI is InChI=1S/C8H8ClNO3/c1-2-13-8(11)6-4-3-5-7(9)10(6)12/h3-5H,2H2,1H3. The molecule has 0 saturated carbocycles. The van der Waals surface area contributed by atoms with Gasteiger partial charge in [-0.15, -0.1) is 4.73 Å². The summed E-state index contributed by atoms with van der Waals surface area (Å²) >= 11 is 5.50. The first-order valence-corrected chi connectivity index (χ1v) is 4.09. The Hall–Kier alpha value is -1.29. The fourth-order valence-electron chi connectivity index (χ4n) is 0.825. The van der Waals surface area contributed by atoms with Gasteiger partial charge >= 0.3 is 11.7 Å². The zero-order chi connectivity index (χ0) is 9.84. The van der Waals surface area contributed by atoms with Gasteiger partial charge in [-0.25, -0.2) is 4.79 Å². The van der Waals surface area contributed by atoms with E-state index in [4.69, 9.17) is 11.6 Å². The normalized spacial score (nSPS) is 9.69. The molecule has 0 saturated heterocycles. The predicted molar refractivity (Wildman–Crippen MR) is 46.4 cm³/mol. The molecule has 0 bridgehead atoms. The number of ether oxygens (including phenoxy) is 1. The number of nitrogens with zero attached hydrogens (tertiary/aromatic N) is 1. The first kappa shape index (κ1) is 9.80. The summed E-state index contributed by atoms with van der Waals surface area (Å²) in [7, 11) is 0. The maximum absolute atomic E-state index is 11.2. The lowest BCUT2D eigenvalue weighted by Crippen LogP contribution is -2.36. The molecule has 0 atom stereocenters. The fraction of sp³-hybridized carbons (Fsp3) is 0.250. The third-order valence-corrected chi connectivity index (χ3v) is 1.66. The maximum Gasteiger partial charge on any atom is 0.405 e. The second-order valence-electron chi connectivity index (χ2n) is 2.25. The lowest BCUT2D eigenvalue weighted by atomic mass is 10.3. The molecule has 0 aliphatic rings. The van der Waals surface area contributed by atoms with Crippen LogP contribution in [0.5, 0.6) is 0 Å². The van der Waals surface area contributed by atoms with Crippen LogP contribution in [0, 0.1) is 5.21 Å². The van der Waals surface area contributed by atoms with Gasteiger partial charge in [0.25, 0.3) is 5.15 Å². The average Bonchev–Trinajstić information content (AvgIpc) is 2.10. The van der Waals surface area contributed by atoms with Crippen molar-refractivity contribution in [3.8, 4) is 0 Å². The van der Waals surface area contributed by atoms with Crippen molar-refractivity contribution < 1.29 is 14.3 Å². The Bertz CT molecular complexity index is 327. The van der Waals surface area contributed by atoms with Gasteiger partial charge in [0, 0.05) is 12.1 Å². The van der Waals surface area contributed by atoms with E-state index >= 15 is 0 Å². The Morgan fingerprint density at radius 3 is 3.00 bits per heavy atom. The molecule has 13 heavy (non-hydrogen) atoms. The van der Waals surface area contributed by atoms with Crippen LogP contribution >= 0.6 is 11.6 Å². The third-order valence-electron chi connectivity index (χ3n) is 1.39. The average molecular weight is 202 g/mol. The molecular formula is C8H8ClNO3. The van der Waals surface area contributed by atoms with Crippen LogP contribution < -0.4 is 4.73 Å². The third kappa shape index (κ3) is 2.09. The number of pyridine rings is 1. The lowest BCUT2D eigenvalue weighted by Gasteiger charge is -2.03. The van der Waals surface area contributed by atoms with E-state index in [1.807, 2.05) is 0 Å². The molecule has 0 unspecified atom stereocenters. The van der Waals surface area contributed by atoms with Crippen molar-refractivity contribution in [2.24, 2.45) is 0 Å². The van der Waals surface area contributed by atoms with Gasteiger partial charge in [-0.05, 0) is 24.6 Å². The second-order valence-corrected chi connectivity index (χ2v) is 2.64. The summed E-state index contributed by atoms with van der Waals surface area (Å²) in [5.74, 6) is -0.667. The molecule has 4 nitrogen and oxygen atoms in total. The molecule has 0 spiro atoms. The summed E-state index contributed by atoms with van der Waals surface area (Å²) in [6, 6.07) is 4.27. The van der Waals surface area contributed by atoms with Crippen molar-refractivity contribution in [2.75, 3.05) is 6.61 Å². The van der Waals surface area contributed by atoms with E-state index in [-0.39, 0.29) is 17.5 Å². The van der Waals surface area contributed by atoms with E-state index in [1.165, 1.54) is 18.2 Å². The number of aromatic nitrogens is 1. The van der Waals surface area contributed by atoms with E-state index in [9.17, 15) is 10.0 Å². The first-order valence-electron chi connectivity index (χ1n) is 3.72. The van der Waals surface area contributed by atoms with Crippen molar-refractivity contribution in [3.63, 3.8) is 0 Å². The van der Waals surface area contributed by atoms with Crippen LogP contribution in [-0.2, 0) is 4.74 Å². The molecule has 0 fully saturated rings.